The Bertz CT molecular complexity index is 1110. The van der Waals surface area contributed by atoms with Crippen LogP contribution in [0, 0.1) is 5.82 Å². The summed E-state index contributed by atoms with van der Waals surface area (Å²) in [5.74, 6) is -0.382. The maximum atomic E-state index is 14.0. The minimum absolute atomic E-state index is 0. The van der Waals surface area contributed by atoms with Crippen LogP contribution >= 0.6 is 12.4 Å². The zero-order valence-corrected chi connectivity index (χ0v) is 17.4. The van der Waals surface area contributed by atoms with Crippen molar-refractivity contribution in [3.8, 4) is 0 Å². The van der Waals surface area contributed by atoms with Gasteiger partial charge < -0.3 is 5.32 Å². The number of rotatable bonds is 5. The number of hydrogen-bond donors (Lipinski definition) is 1. The number of pyridine rings is 1. The lowest BCUT2D eigenvalue weighted by Gasteiger charge is -2.08. The highest BCUT2D eigenvalue weighted by Gasteiger charge is 2.25. The van der Waals surface area contributed by atoms with Gasteiger partial charge in [0.25, 0.3) is 0 Å². The number of fused-ring (bicyclic) bond motifs is 1. The summed E-state index contributed by atoms with van der Waals surface area (Å²) in [5.41, 5.74) is 6.67. The average Bonchev–Trinajstić information content (AvgIpc) is 2.99. The molecule has 1 N–H and O–H groups in total. The van der Waals surface area contributed by atoms with E-state index in [0.29, 0.717) is 6.54 Å². The average molecular weight is 421 g/mol. The number of allylic oxidation sites excluding steroid dienone is 2. The number of amides is 1. The summed E-state index contributed by atoms with van der Waals surface area (Å²) in [7, 11) is 0. The summed E-state index contributed by atoms with van der Waals surface area (Å²) >= 11 is 0. The fourth-order valence-electron chi connectivity index (χ4n) is 3.63. The highest BCUT2D eigenvalue weighted by molar-refractivity contribution is 6.08. The quantitative estimate of drug-likeness (QED) is 0.577. The smallest absolute Gasteiger partial charge is 0.224 e. The molecular weight excluding hydrogens is 399 g/mol. The predicted octanol–water partition coefficient (Wildman–Crippen LogP) is 5.68. The molecule has 4 rings (SSSR count). The van der Waals surface area contributed by atoms with Crippen LogP contribution in [0.2, 0.25) is 0 Å². The topological polar surface area (TPSA) is 42.0 Å². The van der Waals surface area contributed by atoms with E-state index in [1.54, 1.807) is 18.5 Å². The van der Waals surface area contributed by atoms with Gasteiger partial charge in [0.05, 0.1) is 6.42 Å². The molecule has 0 saturated carbocycles. The molecule has 1 amide bonds. The van der Waals surface area contributed by atoms with Crippen LogP contribution in [-0.2, 0) is 11.3 Å². The van der Waals surface area contributed by atoms with E-state index in [1.807, 2.05) is 49.4 Å². The first-order valence-electron chi connectivity index (χ1n) is 9.54. The van der Waals surface area contributed by atoms with E-state index >= 15 is 0 Å². The summed E-state index contributed by atoms with van der Waals surface area (Å²) in [6, 6.07) is 18.4. The second-order valence-corrected chi connectivity index (χ2v) is 7.07. The number of nitrogens with one attached hydrogen (secondary N) is 1. The van der Waals surface area contributed by atoms with Crippen LogP contribution in [0.3, 0.4) is 0 Å². The first-order valence-corrected chi connectivity index (χ1v) is 9.54. The Morgan fingerprint density at radius 1 is 1.03 bits per heavy atom. The standard InChI is InChI=1S/C25H21FN2O.ClH/c1-17-22(13-18-9-11-27-12-10-18)21-8-7-20(26)14-24(21)23(17)15-25(29)28-16-19-5-3-2-4-6-19;/h2-14H,15-16H2,1H3,(H,28,29);1H. The van der Waals surface area contributed by atoms with Crippen molar-refractivity contribution in [1.29, 1.82) is 0 Å². The molecule has 5 heteroatoms. The number of hydrogen-bond acceptors (Lipinski definition) is 2. The van der Waals surface area contributed by atoms with E-state index in [4.69, 9.17) is 0 Å². The van der Waals surface area contributed by atoms with Gasteiger partial charge in [0.15, 0.2) is 0 Å². The van der Waals surface area contributed by atoms with Crippen LogP contribution in [0.4, 0.5) is 4.39 Å². The molecule has 3 nitrogen and oxygen atoms in total. The number of carbonyl (C=O) groups is 1. The molecule has 0 radical (unpaired) electrons. The van der Waals surface area contributed by atoms with Gasteiger partial charge in [-0.25, -0.2) is 4.39 Å². The van der Waals surface area contributed by atoms with Crippen molar-refractivity contribution in [2.45, 2.75) is 19.9 Å². The summed E-state index contributed by atoms with van der Waals surface area (Å²) in [6.45, 7) is 2.46. The van der Waals surface area contributed by atoms with Crippen molar-refractivity contribution < 1.29 is 9.18 Å². The largest absolute Gasteiger partial charge is 0.352 e. The highest BCUT2D eigenvalue weighted by atomic mass is 35.5. The van der Waals surface area contributed by atoms with Crippen LogP contribution in [-0.4, -0.2) is 10.9 Å². The van der Waals surface area contributed by atoms with Crippen LogP contribution in [0.25, 0.3) is 17.2 Å². The molecule has 1 aliphatic carbocycles. The van der Waals surface area contributed by atoms with Gasteiger partial charge in [-0.1, -0.05) is 36.4 Å². The summed E-state index contributed by atoms with van der Waals surface area (Å²) < 4.78 is 14.0. The van der Waals surface area contributed by atoms with Crippen LogP contribution in [0.15, 0.2) is 78.6 Å². The van der Waals surface area contributed by atoms with Crippen LogP contribution in [0.1, 0.15) is 35.6 Å². The van der Waals surface area contributed by atoms with Gasteiger partial charge in [0.2, 0.25) is 5.91 Å². The molecule has 2 aromatic carbocycles. The normalized spacial score (nSPS) is 13.7. The van der Waals surface area contributed by atoms with Crippen molar-refractivity contribution in [2.75, 3.05) is 0 Å². The van der Waals surface area contributed by atoms with Crippen molar-refractivity contribution in [2.24, 2.45) is 0 Å². The summed E-state index contributed by atoms with van der Waals surface area (Å²) in [6.07, 6.45) is 5.75. The molecule has 0 fully saturated rings. The second-order valence-electron chi connectivity index (χ2n) is 7.07. The fourth-order valence-corrected chi connectivity index (χ4v) is 3.63. The van der Waals surface area contributed by atoms with Gasteiger partial charge >= 0.3 is 0 Å². The lowest BCUT2D eigenvalue weighted by Crippen LogP contribution is -2.22. The third-order valence-electron chi connectivity index (χ3n) is 5.14. The van der Waals surface area contributed by atoms with Crippen molar-refractivity contribution >= 4 is 35.5 Å². The predicted molar refractivity (Wildman–Crippen MR) is 121 cm³/mol. The number of halogens is 2. The second kappa shape index (κ2) is 9.51. The number of aromatic nitrogens is 1. The van der Waals surface area contributed by atoms with E-state index in [0.717, 1.165) is 39.0 Å². The Labute approximate surface area is 181 Å². The monoisotopic (exact) mass is 420 g/mol. The first kappa shape index (κ1) is 21.5. The maximum absolute atomic E-state index is 14.0. The van der Waals surface area contributed by atoms with Crippen molar-refractivity contribution in [3.05, 3.63) is 107 Å². The van der Waals surface area contributed by atoms with E-state index in [9.17, 15) is 9.18 Å². The Morgan fingerprint density at radius 3 is 2.50 bits per heavy atom. The molecule has 1 aromatic heterocycles. The van der Waals surface area contributed by atoms with E-state index in [1.165, 1.54) is 12.1 Å². The van der Waals surface area contributed by atoms with Gasteiger partial charge in [0, 0.05) is 18.9 Å². The van der Waals surface area contributed by atoms with Gasteiger partial charge in [-0.2, -0.15) is 0 Å². The number of benzene rings is 2. The van der Waals surface area contributed by atoms with E-state index in [2.05, 4.69) is 16.4 Å². The molecule has 1 aliphatic rings. The molecule has 0 unspecified atom stereocenters. The molecule has 0 aliphatic heterocycles. The number of carbonyl (C=O) groups excluding carboxylic acids is 1. The van der Waals surface area contributed by atoms with Gasteiger partial charge in [-0.3, -0.25) is 9.78 Å². The van der Waals surface area contributed by atoms with Gasteiger partial charge in [-0.05, 0) is 76.2 Å². The minimum Gasteiger partial charge on any atom is -0.352 e. The lowest BCUT2D eigenvalue weighted by atomic mass is 10.0. The molecule has 0 saturated heterocycles. The summed E-state index contributed by atoms with van der Waals surface area (Å²) in [4.78, 5) is 16.7. The van der Waals surface area contributed by atoms with E-state index < -0.39 is 0 Å². The molecule has 0 atom stereocenters. The Hall–Kier alpha value is -3.24. The Kier molecular flexibility index (Phi) is 6.80. The number of nitrogens with zero attached hydrogens (tertiary/aromatic N) is 1. The Morgan fingerprint density at radius 2 is 1.77 bits per heavy atom. The zero-order chi connectivity index (χ0) is 20.2. The van der Waals surface area contributed by atoms with Crippen LogP contribution in [0.5, 0.6) is 0 Å². The van der Waals surface area contributed by atoms with Crippen LogP contribution < -0.4 is 5.32 Å². The minimum atomic E-state index is -0.302. The molecule has 1 heterocycles. The van der Waals surface area contributed by atoms with Crippen molar-refractivity contribution in [1.82, 2.24) is 10.3 Å². The lowest BCUT2D eigenvalue weighted by molar-refractivity contribution is -0.120. The van der Waals surface area contributed by atoms with Gasteiger partial charge in [0.1, 0.15) is 5.82 Å². The molecule has 0 bridgehead atoms. The van der Waals surface area contributed by atoms with Gasteiger partial charge in [-0.15, -0.1) is 12.4 Å². The molecular formula is C25H22ClFN2O. The van der Waals surface area contributed by atoms with Crippen molar-refractivity contribution in [3.63, 3.8) is 0 Å². The highest BCUT2D eigenvalue weighted by Crippen LogP contribution is 2.43. The Balaban J connectivity index is 0.00000256. The first-order chi connectivity index (χ1) is 14.1. The molecule has 152 valence electrons. The fraction of sp³-hybridized carbons (Fsp3) is 0.120. The molecule has 0 spiro atoms. The zero-order valence-electron chi connectivity index (χ0n) is 16.6. The third-order valence-corrected chi connectivity index (χ3v) is 5.14. The SMILES string of the molecule is CC1=C(CC(=O)NCc2ccccc2)c2cc(F)ccc2C1=Cc1ccncc1.Cl. The summed E-state index contributed by atoms with van der Waals surface area (Å²) in [5, 5.41) is 2.96. The van der Waals surface area contributed by atoms with E-state index in [-0.39, 0.29) is 30.6 Å². The maximum Gasteiger partial charge on any atom is 0.224 e. The third kappa shape index (κ3) is 4.66. The molecule has 30 heavy (non-hydrogen) atoms. The molecule has 3 aromatic rings.